The predicted molar refractivity (Wildman–Crippen MR) is 84.7 cm³/mol. The van der Waals surface area contributed by atoms with Gasteiger partial charge in [-0.15, -0.1) is 0 Å². The molecule has 1 aromatic rings. The van der Waals surface area contributed by atoms with Gasteiger partial charge < -0.3 is 9.88 Å². The van der Waals surface area contributed by atoms with Gasteiger partial charge in [0.25, 0.3) is 0 Å². The van der Waals surface area contributed by atoms with E-state index in [1.807, 2.05) is 24.5 Å². The number of rotatable bonds is 6. The van der Waals surface area contributed by atoms with E-state index in [-0.39, 0.29) is 0 Å². The predicted octanol–water partition coefficient (Wildman–Crippen LogP) is 2.18. The molecule has 120 valence electrons. The van der Waals surface area contributed by atoms with Gasteiger partial charge in [0.1, 0.15) is 4.90 Å². The van der Waals surface area contributed by atoms with Gasteiger partial charge in [-0.25, -0.2) is 8.42 Å². The molecule has 1 saturated heterocycles. The molecule has 1 N–H and O–H groups in total. The van der Waals surface area contributed by atoms with E-state index < -0.39 is 10.0 Å². The van der Waals surface area contributed by atoms with Gasteiger partial charge in [-0.2, -0.15) is 4.31 Å². The Morgan fingerprint density at radius 3 is 2.38 bits per heavy atom. The molecule has 0 aliphatic carbocycles. The highest BCUT2D eigenvalue weighted by molar-refractivity contribution is 7.89. The Kier molecular flexibility index (Phi) is 5.84. The van der Waals surface area contributed by atoms with E-state index in [1.165, 1.54) is 0 Å². The first-order valence-corrected chi connectivity index (χ1v) is 9.43. The van der Waals surface area contributed by atoms with Crippen molar-refractivity contribution in [2.24, 2.45) is 0 Å². The molecule has 0 amide bonds. The summed E-state index contributed by atoms with van der Waals surface area (Å²) in [6.45, 7) is 7.77. The van der Waals surface area contributed by atoms with Crippen LogP contribution in [0.5, 0.6) is 0 Å². The highest BCUT2D eigenvalue weighted by atomic mass is 32.2. The molecular formula is C15H27N3O2S. The van der Waals surface area contributed by atoms with Crippen LogP contribution in [0.25, 0.3) is 0 Å². The lowest BCUT2D eigenvalue weighted by atomic mass is 10.2. The molecule has 2 rings (SSSR count). The summed E-state index contributed by atoms with van der Waals surface area (Å²) in [7, 11) is -3.34. The lowest BCUT2D eigenvalue weighted by Crippen LogP contribution is -2.31. The minimum Gasteiger partial charge on any atom is -0.349 e. The van der Waals surface area contributed by atoms with Gasteiger partial charge >= 0.3 is 0 Å². The maximum absolute atomic E-state index is 12.8. The summed E-state index contributed by atoms with van der Waals surface area (Å²) < 4.78 is 29.3. The van der Waals surface area contributed by atoms with Gasteiger partial charge in [0, 0.05) is 38.1 Å². The van der Waals surface area contributed by atoms with Gasteiger partial charge in [-0.3, -0.25) is 0 Å². The summed E-state index contributed by atoms with van der Waals surface area (Å²) in [5, 5.41) is 3.26. The second-order valence-electron chi connectivity index (χ2n) is 5.55. The van der Waals surface area contributed by atoms with Crippen LogP contribution in [0.3, 0.4) is 0 Å². The first kappa shape index (κ1) is 16.5. The van der Waals surface area contributed by atoms with Crippen LogP contribution in [0, 0.1) is 0 Å². The van der Waals surface area contributed by atoms with Crippen molar-refractivity contribution in [1.82, 2.24) is 14.2 Å². The number of aryl methyl sites for hydroxylation is 1. The average molecular weight is 313 g/mol. The molecule has 21 heavy (non-hydrogen) atoms. The van der Waals surface area contributed by atoms with Crippen LogP contribution in [0.2, 0.25) is 0 Å². The number of aromatic nitrogens is 1. The maximum Gasteiger partial charge on any atom is 0.244 e. The number of nitrogens with one attached hydrogen (secondary N) is 1. The Morgan fingerprint density at radius 1 is 1.14 bits per heavy atom. The van der Waals surface area contributed by atoms with Crippen molar-refractivity contribution in [1.29, 1.82) is 0 Å². The molecule has 6 heteroatoms. The monoisotopic (exact) mass is 313 g/mol. The Hall–Kier alpha value is -0.850. The van der Waals surface area contributed by atoms with Crippen molar-refractivity contribution in [2.45, 2.75) is 57.5 Å². The molecule has 2 heterocycles. The largest absolute Gasteiger partial charge is 0.349 e. The lowest BCUT2D eigenvalue weighted by molar-refractivity contribution is 0.423. The fourth-order valence-electron chi connectivity index (χ4n) is 2.79. The van der Waals surface area contributed by atoms with E-state index in [0.29, 0.717) is 24.5 Å². The van der Waals surface area contributed by atoms with E-state index in [4.69, 9.17) is 0 Å². The molecule has 1 fully saturated rings. The molecule has 0 radical (unpaired) electrons. The Labute approximate surface area is 128 Å². The maximum atomic E-state index is 12.8. The van der Waals surface area contributed by atoms with Crippen molar-refractivity contribution in [2.75, 3.05) is 19.6 Å². The molecular weight excluding hydrogens is 286 g/mol. The SMILES string of the molecule is CCNCc1cc(S(=O)(=O)N2CCCCCC2)cn1CC. The molecule has 5 nitrogen and oxygen atoms in total. The van der Waals surface area contributed by atoms with Crippen LogP contribution < -0.4 is 5.32 Å². The third kappa shape index (κ3) is 3.87. The summed E-state index contributed by atoms with van der Waals surface area (Å²) in [4.78, 5) is 0.444. The van der Waals surface area contributed by atoms with Gasteiger partial charge in [-0.1, -0.05) is 19.8 Å². The molecule has 1 aromatic heterocycles. The van der Waals surface area contributed by atoms with E-state index in [0.717, 1.165) is 44.5 Å². The summed E-state index contributed by atoms with van der Waals surface area (Å²) in [6.07, 6.45) is 5.99. The van der Waals surface area contributed by atoms with E-state index in [1.54, 1.807) is 10.5 Å². The summed E-state index contributed by atoms with van der Waals surface area (Å²) in [5.41, 5.74) is 1.03. The molecule has 0 unspecified atom stereocenters. The van der Waals surface area contributed by atoms with Gasteiger partial charge in [0.2, 0.25) is 10.0 Å². The normalized spacial score (nSPS) is 17.8. The quantitative estimate of drug-likeness (QED) is 0.876. The minimum atomic E-state index is -3.34. The zero-order chi connectivity index (χ0) is 15.3. The first-order chi connectivity index (χ1) is 10.1. The minimum absolute atomic E-state index is 0.444. The van der Waals surface area contributed by atoms with Crippen LogP contribution >= 0.6 is 0 Å². The van der Waals surface area contributed by atoms with E-state index in [2.05, 4.69) is 5.32 Å². The molecule has 1 aliphatic rings. The number of hydrogen-bond donors (Lipinski definition) is 1. The van der Waals surface area contributed by atoms with Crippen molar-refractivity contribution < 1.29 is 8.42 Å². The molecule has 1 aliphatic heterocycles. The second kappa shape index (κ2) is 7.42. The van der Waals surface area contributed by atoms with Crippen molar-refractivity contribution in [3.05, 3.63) is 18.0 Å². The van der Waals surface area contributed by atoms with Gasteiger partial charge in [-0.05, 0) is 32.4 Å². The standard InChI is InChI=1S/C15H27N3O2S/c1-3-16-12-14-11-15(13-17(14)4-2)21(19,20)18-9-7-5-6-8-10-18/h11,13,16H,3-10,12H2,1-2H3. The van der Waals surface area contributed by atoms with Crippen molar-refractivity contribution >= 4 is 10.0 Å². The molecule has 0 atom stereocenters. The highest BCUT2D eigenvalue weighted by Gasteiger charge is 2.26. The van der Waals surface area contributed by atoms with Gasteiger partial charge in [0.15, 0.2) is 0 Å². The number of nitrogens with zero attached hydrogens (tertiary/aromatic N) is 2. The van der Waals surface area contributed by atoms with Crippen LogP contribution in [0.1, 0.15) is 45.2 Å². The fraction of sp³-hybridized carbons (Fsp3) is 0.733. The Balaban J connectivity index is 2.24. The second-order valence-corrected chi connectivity index (χ2v) is 7.49. The zero-order valence-electron chi connectivity index (χ0n) is 13.1. The molecule has 0 bridgehead atoms. The van der Waals surface area contributed by atoms with Crippen LogP contribution in [-0.2, 0) is 23.1 Å². The van der Waals surface area contributed by atoms with Crippen molar-refractivity contribution in [3.63, 3.8) is 0 Å². The highest BCUT2D eigenvalue weighted by Crippen LogP contribution is 2.22. The Morgan fingerprint density at radius 2 is 1.81 bits per heavy atom. The molecule has 0 aromatic carbocycles. The fourth-order valence-corrected chi connectivity index (χ4v) is 4.38. The third-order valence-electron chi connectivity index (χ3n) is 4.06. The van der Waals surface area contributed by atoms with E-state index >= 15 is 0 Å². The molecule has 0 saturated carbocycles. The first-order valence-electron chi connectivity index (χ1n) is 7.99. The smallest absolute Gasteiger partial charge is 0.244 e. The average Bonchev–Trinajstić information content (AvgIpc) is 2.70. The lowest BCUT2D eigenvalue weighted by Gasteiger charge is -2.18. The third-order valence-corrected chi connectivity index (χ3v) is 5.92. The summed E-state index contributed by atoms with van der Waals surface area (Å²) in [6, 6.07) is 1.83. The number of sulfonamides is 1. The van der Waals surface area contributed by atoms with Crippen molar-refractivity contribution in [3.8, 4) is 0 Å². The van der Waals surface area contributed by atoms with Crippen LogP contribution in [0.4, 0.5) is 0 Å². The van der Waals surface area contributed by atoms with Crippen LogP contribution in [-0.4, -0.2) is 36.9 Å². The van der Waals surface area contributed by atoms with E-state index in [9.17, 15) is 8.42 Å². The summed E-state index contributed by atoms with van der Waals surface area (Å²) in [5.74, 6) is 0. The molecule has 0 spiro atoms. The van der Waals surface area contributed by atoms with Crippen LogP contribution in [0.15, 0.2) is 17.2 Å². The Bertz CT molecular complexity index is 543. The number of hydrogen-bond acceptors (Lipinski definition) is 3. The van der Waals surface area contributed by atoms with Gasteiger partial charge in [0.05, 0.1) is 0 Å². The topological polar surface area (TPSA) is 54.3 Å². The summed E-state index contributed by atoms with van der Waals surface area (Å²) >= 11 is 0. The zero-order valence-corrected chi connectivity index (χ0v) is 14.0.